The van der Waals surface area contributed by atoms with Gasteiger partial charge in [0.1, 0.15) is 5.69 Å². The van der Waals surface area contributed by atoms with E-state index < -0.39 is 4.92 Å². The summed E-state index contributed by atoms with van der Waals surface area (Å²) < 4.78 is 0. The van der Waals surface area contributed by atoms with Gasteiger partial charge in [-0.1, -0.05) is 60.7 Å². The average Bonchev–Trinajstić information content (AvgIpc) is 2.62. The maximum Gasteiger partial charge on any atom is 0.292 e. The summed E-state index contributed by atoms with van der Waals surface area (Å²) in [5.41, 5.74) is 3.42. The molecule has 0 bridgehead atoms. The van der Waals surface area contributed by atoms with Crippen LogP contribution in [0.25, 0.3) is 0 Å². The fourth-order valence-electron chi connectivity index (χ4n) is 2.37. The first-order chi connectivity index (χ1) is 11.6. The Balaban J connectivity index is 2.14. The molecule has 2 aromatic carbocycles. The Bertz CT molecular complexity index is 850. The monoisotopic (exact) mass is 317 g/mol. The molecule has 3 aromatic rings. The Morgan fingerprint density at radius 1 is 1.00 bits per heavy atom. The van der Waals surface area contributed by atoms with Crippen LogP contribution in [-0.2, 0) is 0 Å². The zero-order valence-electron chi connectivity index (χ0n) is 13.1. The van der Waals surface area contributed by atoms with Crippen LogP contribution in [0, 0.1) is 17.0 Å². The number of nitrogens with zero attached hydrogens (tertiary/aromatic N) is 3. The molecule has 0 radical (unpaired) electrons. The molecule has 0 N–H and O–H groups in total. The Kier molecular flexibility index (Phi) is 4.43. The molecule has 0 amide bonds. The maximum absolute atomic E-state index is 11.1. The van der Waals surface area contributed by atoms with Gasteiger partial charge < -0.3 is 0 Å². The molecule has 1 aromatic heterocycles. The highest BCUT2D eigenvalue weighted by Gasteiger charge is 2.13. The molecule has 24 heavy (non-hydrogen) atoms. The van der Waals surface area contributed by atoms with E-state index in [1.165, 1.54) is 6.07 Å². The van der Waals surface area contributed by atoms with Crippen molar-refractivity contribution in [1.82, 2.24) is 4.98 Å². The quantitative estimate of drug-likeness (QED) is 0.405. The van der Waals surface area contributed by atoms with Crippen molar-refractivity contribution >= 4 is 17.1 Å². The van der Waals surface area contributed by atoms with Gasteiger partial charge in [-0.2, -0.15) is 0 Å². The van der Waals surface area contributed by atoms with Crippen molar-refractivity contribution in [3.63, 3.8) is 0 Å². The SMILES string of the molecule is Cc1ncc(N=C(c2ccccc2)c2ccccc2)cc1[N+](=O)[O-]. The highest BCUT2D eigenvalue weighted by Crippen LogP contribution is 2.24. The van der Waals surface area contributed by atoms with Gasteiger partial charge in [-0.15, -0.1) is 0 Å². The predicted octanol–water partition coefficient (Wildman–Crippen LogP) is 4.47. The zero-order chi connectivity index (χ0) is 16.9. The second-order valence-corrected chi connectivity index (χ2v) is 5.25. The second kappa shape index (κ2) is 6.83. The molecular formula is C19H15N3O2. The summed E-state index contributed by atoms with van der Waals surface area (Å²) in [7, 11) is 0. The van der Waals surface area contributed by atoms with E-state index in [2.05, 4.69) is 9.98 Å². The number of rotatable bonds is 4. The van der Waals surface area contributed by atoms with E-state index in [-0.39, 0.29) is 5.69 Å². The third kappa shape index (κ3) is 3.35. The minimum atomic E-state index is -0.438. The second-order valence-electron chi connectivity index (χ2n) is 5.25. The third-order valence-electron chi connectivity index (χ3n) is 3.58. The molecule has 0 atom stereocenters. The van der Waals surface area contributed by atoms with Crippen LogP contribution in [0.15, 0.2) is 77.9 Å². The number of benzene rings is 2. The summed E-state index contributed by atoms with van der Waals surface area (Å²) in [5, 5.41) is 11.1. The molecule has 0 spiro atoms. The van der Waals surface area contributed by atoms with Gasteiger partial charge in [-0.25, -0.2) is 4.99 Å². The lowest BCUT2D eigenvalue weighted by Crippen LogP contribution is -2.03. The summed E-state index contributed by atoms with van der Waals surface area (Å²) in [6, 6.07) is 20.9. The number of hydrogen-bond acceptors (Lipinski definition) is 4. The van der Waals surface area contributed by atoms with Crippen LogP contribution < -0.4 is 0 Å². The molecule has 0 aliphatic rings. The van der Waals surface area contributed by atoms with Crippen molar-refractivity contribution in [2.24, 2.45) is 4.99 Å². The maximum atomic E-state index is 11.1. The van der Waals surface area contributed by atoms with Crippen LogP contribution in [0.2, 0.25) is 0 Å². The van der Waals surface area contributed by atoms with Gasteiger partial charge in [-0.3, -0.25) is 15.1 Å². The summed E-state index contributed by atoms with van der Waals surface area (Å²) in [6.45, 7) is 1.61. The number of aryl methyl sites for hydroxylation is 1. The summed E-state index contributed by atoms with van der Waals surface area (Å²) in [6.07, 6.45) is 1.55. The van der Waals surface area contributed by atoms with Gasteiger partial charge in [-0.05, 0) is 6.92 Å². The first-order valence-electron chi connectivity index (χ1n) is 7.46. The highest BCUT2D eigenvalue weighted by atomic mass is 16.6. The first kappa shape index (κ1) is 15.6. The van der Waals surface area contributed by atoms with E-state index in [1.54, 1.807) is 13.1 Å². The van der Waals surface area contributed by atoms with Crippen molar-refractivity contribution in [2.45, 2.75) is 6.92 Å². The average molecular weight is 317 g/mol. The van der Waals surface area contributed by atoms with Gasteiger partial charge in [0.15, 0.2) is 0 Å². The smallest absolute Gasteiger partial charge is 0.258 e. The van der Waals surface area contributed by atoms with E-state index in [0.717, 1.165) is 16.8 Å². The lowest BCUT2D eigenvalue weighted by atomic mass is 10.0. The van der Waals surface area contributed by atoms with Crippen molar-refractivity contribution in [2.75, 3.05) is 0 Å². The fraction of sp³-hybridized carbons (Fsp3) is 0.0526. The molecular weight excluding hydrogens is 302 g/mol. The largest absolute Gasteiger partial charge is 0.292 e. The van der Waals surface area contributed by atoms with Crippen LogP contribution in [0.5, 0.6) is 0 Å². The standard InChI is InChI=1S/C19H15N3O2/c1-14-18(22(23)24)12-17(13-20-14)21-19(15-8-4-2-5-9-15)16-10-6-3-7-11-16/h2-13H,1H3. The Labute approximate surface area is 139 Å². The van der Waals surface area contributed by atoms with Crippen molar-refractivity contribution in [3.8, 4) is 0 Å². The van der Waals surface area contributed by atoms with E-state index in [4.69, 9.17) is 0 Å². The number of pyridine rings is 1. The van der Waals surface area contributed by atoms with Crippen molar-refractivity contribution in [1.29, 1.82) is 0 Å². The van der Waals surface area contributed by atoms with Gasteiger partial charge in [0, 0.05) is 17.2 Å². The molecule has 0 unspecified atom stereocenters. The lowest BCUT2D eigenvalue weighted by molar-refractivity contribution is -0.385. The lowest BCUT2D eigenvalue weighted by Gasteiger charge is -2.07. The van der Waals surface area contributed by atoms with Gasteiger partial charge in [0.25, 0.3) is 5.69 Å². The number of aromatic nitrogens is 1. The molecule has 0 aliphatic carbocycles. The third-order valence-corrected chi connectivity index (χ3v) is 3.58. The number of aliphatic imine (C=N–C) groups is 1. The molecule has 5 nitrogen and oxygen atoms in total. The highest BCUT2D eigenvalue weighted by molar-refractivity contribution is 6.13. The van der Waals surface area contributed by atoms with Gasteiger partial charge in [0.2, 0.25) is 0 Å². The van der Waals surface area contributed by atoms with Gasteiger partial charge in [0.05, 0.1) is 22.5 Å². The Morgan fingerprint density at radius 2 is 1.54 bits per heavy atom. The van der Waals surface area contributed by atoms with Crippen LogP contribution in [0.1, 0.15) is 16.8 Å². The van der Waals surface area contributed by atoms with Crippen LogP contribution in [-0.4, -0.2) is 15.6 Å². The summed E-state index contributed by atoms with van der Waals surface area (Å²) in [5.74, 6) is 0. The molecule has 0 saturated carbocycles. The zero-order valence-corrected chi connectivity index (χ0v) is 13.1. The molecule has 0 fully saturated rings. The van der Waals surface area contributed by atoms with E-state index in [9.17, 15) is 10.1 Å². The van der Waals surface area contributed by atoms with Crippen molar-refractivity contribution < 1.29 is 4.92 Å². The molecule has 0 aliphatic heterocycles. The first-order valence-corrected chi connectivity index (χ1v) is 7.46. The molecule has 0 saturated heterocycles. The minimum Gasteiger partial charge on any atom is -0.258 e. The van der Waals surface area contributed by atoms with Crippen molar-refractivity contribution in [3.05, 3.63) is 99.9 Å². The van der Waals surface area contributed by atoms with E-state index in [1.807, 2.05) is 60.7 Å². The molecule has 118 valence electrons. The molecule has 3 rings (SSSR count). The van der Waals surface area contributed by atoms with E-state index in [0.29, 0.717) is 11.4 Å². The van der Waals surface area contributed by atoms with Crippen LogP contribution >= 0.6 is 0 Å². The number of nitro groups is 1. The number of hydrogen-bond donors (Lipinski definition) is 0. The Morgan fingerprint density at radius 3 is 2.04 bits per heavy atom. The normalized spacial score (nSPS) is 10.2. The van der Waals surface area contributed by atoms with Gasteiger partial charge >= 0.3 is 0 Å². The predicted molar refractivity (Wildman–Crippen MR) is 93.8 cm³/mol. The summed E-state index contributed by atoms with van der Waals surface area (Å²) >= 11 is 0. The fourth-order valence-corrected chi connectivity index (χ4v) is 2.37. The Hall–Kier alpha value is -3.34. The minimum absolute atomic E-state index is 0.0308. The topological polar surface area (TPSA) is 68.4 Å². The van der Waals surface area contributed by atoms with Crippen LogP contribution in [0.4, 0.5) is 11.4 Å². The molecule has 1 heterocycles. The van der Waals surface area contributed by atoms with E-state index >= 15 is 0 Å². The summed E-state index contributed by atoms with van der Waals surface area (Å²) in [4.78, 5) is 19.4. The molecule has 5 heteroatoms. The van der Waals surface area contributed by atoms with Crippen LogP contribution in [0.3, 0.4) is 0 Å².